The lowest BCUT2D eigenvalue weighted by Crippen LogP contribution is -2.34. The monoisotopic (exact) mass is 248 g/mol. The summed E-state index contributed by atoms with van der Waals surface area (Å²) in [5, 5.41) is 9.24. The van der Waals surface area contributed by atoms with Crippen LogP contribution in [-0.2, 0) is 0 Å². The van der Waals surface area contributed by atoms with E-state index in [1.54, 1.807) is 18.2 Å². The third kappa shape index (κ3) is 2.58. The van der Waals surface area contributed by atoms with Gasteiger partial charge in [0.05, 0.1) is 11.3 Å². The van der Waals surface area contributed by atoms with Gasteiger partial charge in [-0.1, -0.05) is 19.3 Å². The molecular formula is C14H20N2O2. The zero-order chi connectivity index (χ0) is 13.1. The third-order valence-corrected chi connectivity index (χ3v) is 3.75. The van der Waals surface area contributed by atoms with Crippen molar-refractivity contribution in [1.82, 2.24) is 0 Å². The van der Waals surface area contributed by atoms with E-state index in [-0.39, 0.29) is 0 Å². The minimum absolute atomic E-state index is 0.331. The molecule has 4 nitrogen and oxygen atoms in total. The summed E-state index contributed by atoms with van der Waals surface area (Å²) in [5.41, 5.74) is 7.45. The first-order valence-electron chi connectivity index (χ1n) is 6.45. The van der Waals surface area contributed by atoms with Crippen LogP contribution in [0, 0.1) is 0 Å². The van der Waals surface area contributed by atoms with Crippen molar-refractivity contribution in [1.29, 1.82) is 0 Å². The number of hydrogen-bond acceptors (Lipinski definition) is 3. The number of nitrogens with zero attached hydrogens (tertiary/aromatic N) is 1. The molecule has 1 aromatic carbocycles. The van der Waals surface area contributed by atoms with Gasteiger partial charge in [0.15, 0.2) is 0 Å². The Balaban J connectivity index is 2.30. The molecule has 18 heavy (non-hydrogen) atoms. The largest absolute Gasteiger partial charge is 0.478 e. The predicted molar refractivity (Wildman–Crippen MR) is 73.1 cm³/mol. The summed E-state index contributed by atoms with van der Waals surface area (Å²) in [6.07, 6.45) is 5.99. The first-order valence-corrected chi connectivity index (χ1v) is 6.45. The molecule has 98 valence electrons. The number of carboxylic acids is 1. The van der Waals surface area contributed by atoms with Crippen LogP contribution >= 0.6 is 0 Å². The number of carbonyl (C=O) groups is 1. The zero-order valence-corrected chi connectivity index (χ0v) is 10.7. The molecule has 1 fully saturated rings. The van der Waals surface area contributed by atoms with E-state index in [0.29, 0.717) is 17.3 Å². The molecule has 0 aromatic heterocycles. The van der Waals surface area contributed by atoms with Gasteiger partial charge in [0.2, 0.25) is 0 Å². The van der Waals surface area contributed by atoms with Gasteiger partial charge in [0, 0.05) is 18.8 Å². The van der Waals surface area contributed by atoms with E-state index in [0.717, 1.165) is 18.5 Å². The Morgan fingerprint density at radius 2 is 2.00 bits per heavy atom. The molecule has 3 N–H and O–H groups in total. The van der Waals surface area contributed by atoms with Gasteiger partial charge in [-0.15, -0.1) is 0 Å². The number of rotatable bonds is 3. The summed E-state index contributed by atoms with van der Waals surface area (Å²) in [6, 6.07) is 5.42. The molecule has 2 rings (SSSR count). The maximum Gasteiger partial charge on any atom is 0.337 e. The minimum atomic E-state index is -0.896. The predicted octanol–water partition coefficient (Wildman–Crippen LogP) is 2.74. The lowest BCUT2D eigenvalue weighted by molar-refractivity contribution is 0.0697. The van der Waals surface area contributed by atoms with E-state index in [1.165, 1.54) is 19.3 Å². The molecule has 1 aromatic rings. The molecule has 0 unspecified atom stereocenters. The highest BCUT2D eigenvalue weighted by Gasteiger charge is 2.22. The number of nitrogens with two attached hydrogens (primary N) is 1. The normalized spacial score (nSPS) is 16.5. The molecule has 0 aliphatic heterocycles. The Hall–Kier alpha value is -1.71. The summed E-state index contributed by atoms with van der Waals surface area (Å²) in [5.74, 6) is -0.896. The highest BCUT2D eigenvalue weighted by Crippen LogP contribution is 2.29. The lowest BCUT2D eigenvalue weighted by Gasteiger charge is -2.33. The first-order chi connectivity index (χ1) is 8.59. The van der Waals surface area contributed by atoms with Crippen molar-refractivity contribution in [2.45, 2.75) is 38.1 Å². The topological polar surface area (TPSA) is 66.6 Å². The van der Waals surface area contributed by atoms with Crippen molar-refractivity contribution >= 4 is 17.3 Å². The maximum atomic E-state index is 11.3. The SMILES string of the molecule is CN(c1cc(N)ccc1C(=O)O)C1CCCCC1. The van der Waals surface area contributed by atoms with Gasteiger partial charge >= 0.3 is 5.97 Å². The molecule has 1 aliphatic rings. The van der Waals surface area contributed by atoms with Crippen molar-refractivity contribution in [3.63, 3.8) is 0 Å². The van der Waals surface area contributed by atoms with Gasteiger partial charge in [-0.3, -0.25) is 0 Å². The molecule has 4 heteroatoms. The quantitative estimate of drug-likeness (QED) is 0.807. The fourth-order valence-corrected chi connectivity index (χ4v) is 2.69. The maximum absolute atomic E-state index is 11.3. The summed E-state index contributed by atoms with van der Waals surface area (Å²) in [7, 11) is 1.97. The van der Waals surface area contributed by atoms with Crippen LogP contribution in [0.15, 0.2) is 18.2 Å². The van der Waals surface area contributed by atoms with Crippen molar-refractivity contribution in [3.05, 3.63) is 23.8 Å². The van der Waals surface area contributed by atoms with E-state index in [9.17, 15) is 9.90 Å². The van der Waals surface area contributed by atoms with Crippen molar-refractivity contribution in [2.75, 3.05) is 17.7 Å². The van der Waals surface area contributed by atoms with Crippen molar-refractivity contribution in [2.24, 2.45) is 0 Å². The summed E-state index contributed by atoms with van der Waals surface area (Å²) in [6.45, 7) is 0. The Kier molecular flexibility index (Phi) is 3.75. The van der Waals surface area contributed by atoms with Gasteiger partial charge in [-0.05, 0) is 31.0 Å². The van der Waals surface area contributed by atoms with E-state index in [2.05, 4.69) is 4.90 Å². The van der Waals surface area contributed by atoms with Crippen LogP contribution in [0.2, 0.25) is 0 Å². The molecule has 1 aliphatic carbocycles. The van der Waals surface area contributed by atoms with Gasteiger partial charge in [0.1, 0.15) is 0 Å². The summed E-state index contributed by atoms with van der Waals surface area (Å²) < 4.78 is 0. The molecule has 0 heterocycles. The molecule has 0 saturated heterocycles. The molecule has 0 bridgehead atoms. The van der Waals surface area contributed by atoms with Crippen LogP contribution in [0.1, 0.15) is 42.5 Å². The van der Waals surface area contributed by atoms with Gasteiger partial charge in [-0.25, -0.2) is 4.79 Å². The van der Waals surface area contributed by atoms with Crippen LogP contribution in [-0.4, -0.2) is 24.2 Å². The Morgan fingerprint density at radius 3 is 2.61 bits per heavy atom. The Labute approximate surface area is 107 Å². The number of aromatic carboxylic acids is 1. The van der Waals surface area contributed by atoms with Crippen LogP contribution in [0.5, 0.6) is 0 Å². The second kappa shape index (κ2) is 5.29. The van der Waals surface area contributed by atoms with Crippen LogP contribution in [0.25, 0.3) is 0 Å². The molecular weight excluding hydrogens is 228 g/mol. The van der Waals surface area contributed by atoms with Crippen molar-refractivity contribution in [3.8, 4) is 0 Å². The number of anilines is 2. The molecule has 0 spiro atoms. The fraction of sp³-hybridized carbons (Fsp3) is 0.500. The van der Waals surface area contributed by atoms with Gasteiger partial charge in [0.25, 0.3) is 0 Å². The van der Waals surface area contributed by atoms with Gasteiger partial charge < -0.3 is 15.7 Å². The second-order valence-corrected chi connectivity index (χ2v) is 4.98. The third-order valence-electron chi connectivity index (χ3n) is 3.75. The summed E-state index contributed by atoms with van der Waals surface area (Å²) >= 11 is 0. The Bertz CT molecular complexity index is 439. The second-order valence-electron chi connectivity index (χ2n) is 4.98. The van der Waals surface area contributed by atoms with Crippen molar-refractivity contribution < 1.29 is 9.90 Å². The highest BCUT2D eigenvalue weighted by molar-refractivity contribution is 5.95. The van der Waals surface area contributed by atoms with Crippen LogP contribution in [0.4, 0.5) is 11.4 Å². The lowest BCUT2D eigenvalue weighted by atomic mass is 9.93. The molecule has 0 atom stereocenters. The first kappa shape index (κ1) is 12.7. The Morgan fingerprint density at radius 1 is 1.33 bits per heavy atom. The van der Waals surface area contributed by atoms with E-state index in [4.69, 9.17) is 5.73 Å². The number of hydrogen-bond donors (Lipinski definition) is 2. The molecule has 0 amide bonds. The average Bonchev–Trinajstić information content (AvgIpc) is 2.38. The summed E-state index contributed by atoms with van der Waals surface area (Å²) in [4.78, 5) is 13.3. The highest BCUT2D eigenvalue weighted by atomic mass is 16.4. The van der Waals surface area contributed by atoms with E-state index < -0.39 is 5.97 Å². The van der Waals surface area contributed by atoms with Crippen LogP contribution in [0.3, 0.4) is 0 Å². The standard InChI is InChI=1S/C14H20N2O2/c1-16(11-5-3-2-4-6-11)13-9-10(15)7-8-12(13)14(17)18/h7-9,11H,2-6,15H2,1H3,(H,17,18). The van der Waals surface area contributed by atoms with Gasteiger partial charge in [-0.2, -0.15) is 0 Å². The van der Waals surface area contributed by atoms with E-state index in [1.807, 2.05) is 7.05 Å². The number of carboxylic acid groups (broad SMARTS) is 1. The average molecular weight is 248 g/mol. The zero-order valence-electron chi connectivity index (χ0n) is 10.7. The molecule has 0 radical (unpaired) electrons. The number of nitrogen functional groups attached to an aromatic ring is 1. The minimum Gasteiger partial charge on any atom is -0.478 e. The molecule has 1 saturated carbocycles. The van der Waals surface area contributed by atoms with E-state index >= 15 is 0 Å². The number of benzene rings is 1. The smallest absolute Gasteiger partial charge is 0.337 e. The van der Waals surface area contributed by atoms with Crippen LogP contribution < -0.4 is 10.6 Å². The fourth-order valence-electron chi connectivity index (χ4n) is 2.69.